The first-order valence-electron chi connectivity index (χ1n) is 6.27. The number of carbonyl (C=O) groups is 1. The van der Waals surface area contributed by atoms with Crippen LogP contribution in [-0.2, 0) is 0 Å². The van der Waals surface area contributed by atoms with Crippen molar-refractivity contribution in [1.82, 2.24) is 0 Å². The highest BCUT2D eigenvalue weighted by Crippen LogP contribution is 2.35. The van der Waals surface area contributed by atoms with Gasteiger partial charge >= 0.3 is 5.97 Å². The Labute approximate surface area is 110 Å². The average molecular weight is 254 g/mol. The summed E-state index contributed by atoms with van der Waals surface area (Å²) >= 11 is 0. The number of carboxylic acid groups (broad SMARTS) is 1. The number of furan rings is 1. The quantitative estimate of drug-likeness (QED) is 0.737. The molecule has 1 N–H and O–H groups in total. The molecule has 0 saturated heterocycles. The van der Waals surface area contributed by atoms with Crippen molar-refractivity contribution < 1.29 is 14.3 Å². The summed E-state index contributed by atoms with van der Waals surface area (Å²) in [7, 11) is 0. The van der Waals surface area contributed by atoms with Gasteiger partial charge in [-0.1, -0.05) is 50.2 Å². The minimum Gasteiger partial charge on any atom is -0.475 e. The Bertz CT molecular complexity index is 781. The van der Waals surface area contributed by atoms with Crippen molar-refractivity contribution in [2.24, 2.45) is 0 Å². The molecule has 0 spiro atoms. The van der Waals surface area contributed by atoms with Crippen molar-refractivity contribution >= 4 is 27.7 Å². The number of hydrogen-bond donors (Lipinski definition) is 1. The molecule has 0 atom stereocenters. The molecule has 1 aromatic heterocycles. The van der Waals surface area contributed by atoms with Crippen LogP contribution in [0.25, 0.3) is 21.7 Å². The van der Waals surface area contributed by atoms with Gasteiger partial charge in [0.25, 0.3) is 0 Å². The third-order valence-electron chi connectivity index (χ3n) is 3.39. The second-order valence-electron chi connectivity index (χ2n) is 4.97. The number of aromatic carboxylic acids is 1. The molecule has 1 heterocycles. The fourth-order valence-corrected chi connectivity index (χ4v) is 2.58. The Morgan fingerprint density at radius 3 is 2.53 bits per heavy atom. The van der Waals surface area contributed by atoms with E-state index in [4.69, 9.17) is 4.42 Å². The van der Waals surface area contributed by atoms with Gasteiger partial charge in [0.1, 0.15) is 5.58 Å². The van der Waals surface area contributed by atoms with E-state index in [0.717, 1.165) is 21.7 Å². The third-order valence-corrected chi connectivity index (χ3v) is 3.39. The van der Waals surface area contributed by atoms with Crippen LogP contribution in [0.4, 0.5) is 0 Å². The molecule has 3 nitrogen and oxygen atoms in total. The zero-order valence-electron chi connectivity index (χ0n) is 10.8. The molecule has 0 amide bonds. The van der Waals surface area contributed by atoms with Crippen LogP contribution in [-0.4, -0.2) is 11.1 Å². The summed E-state index contributed by atoms with van der Waals surface area (Å²) in [5.74, 6) is -0.848. The lowest BCUT2D eigenvalue weighted by Crippen LogP contribution is -2.00. The normalized spacial score (nSPS) is 11.5. The third kappa shape index (κ3) is 1.70. The largest absolute Gasteiger partial charge is 0.475 e. The van der Waals surface area contributed by atoms with E-state index >= 15 is 0 Å². The smallest absolute Gasteiger partial charge is 0.372 e. The Kier molecular flexibility index (Phi) is 2.56. The maximum atomic E-state index is 11.3. The fourth-order valence-electron chi connectivity index (χ4n) is 2.58. The molecule has 0 aliphatic carbocycles. The van der Waals surface area contributed by atoms with Crippen LogP contribution in [0, 0.1) is 0 Å². The molecule has 3 aromatic rings. The highest BCUT2D eigenvalue weighted by Gasteiger charge is 2.22. The number of hydrogen-bond acceptors (Lipinski definition) is 2. The maximum absolute atomic E-state index is 11.3. The molecular formula is C16H14O3. The zero-order valence-corrected chi connectivity index (χ0v) is 10.8. The van der Waals surface area contributed by atoms with Gasteiger partial charge in [0.05, 0.1) is 0 Å². The molecule has 0 unspecified atom stereocenters. The molecule has 3 heteroatoms. The highest BCUT2D eigenvalue weighted by atomic mass is 16.4. The zero-order chi connectivity index (χ0) is 13.6. The van der Waals surface area contributed by atoms with E-state index < -0.39 is 5.97 Å². The topological polar surface area (TPSA) is 50.4 Å². The number of rotatable bonds is 2. The standard InChI is InChI=1S/C16H14O3/c1-9(2)13-12-8-7-10-5-3-4-6-11(10)14(12)19-15(13)16(17)18/h3-9H,1-2H3,(H,17,18). The molecule has 0 radical (unpaired) electrons. The van der Waals surface area contributed by atoms with Gasteiger partial charge in [-0.2, -0.15) is 0 Å². The first kappa shape index (κ1) is 11.8. The molecule has 0 aliphatic rings. The molecule has 0 fully saturated rings. The molecule has 19 heavy (non-hydrogen) atoms. The SMILES string of the molecule is CC(C)c1c(C(=O)O)oc2c1ccc1ccccc12. The van der Waals surface area contributed by atoms with Crippen LogP contribution in [0.2, 0.25) is 0 Å². The van der Waals surface area contributed by atoms with Crippen LogP contribution < -0.4 is 0 Å². The average Bonchev–Trinajstić information content (AvgIpc) is 2.78. The number of fused-ring (bicyclic) bond motifs is 3. The fraction of sp³-hybridized carbons (Fsp3) is 0.188. The summed E-state index contributed by atoms with van der Waals surface area (Å²) in [4.78, 5) is 11.3. The molecule has 0 bridgehead atoms. The van der Waals surface area contributed by atoms with E-state index in [2.05, 4.69) is 0 Å². The first-order chi connectivity index (χ1) is 9.09. The van der Waals surface area contributed by atoms with Crippen molar-refractivity contribution in [2.75, 3.05) is 0 Å². The van der Waals surface area contributed by atoms with E-state index in [0.29, 0.717) is 5.58 Å². The molecular weight excluding hydrogens is 240 g/mol. The molecule has 96 valence electrons. The molecule has 2 aromatic carbocycles. The van der Waals surface area contributed by atoms with Crippen LogP contribution in [0.15, 0.2) is 40.8 Å². The predicted molar refractivity (Wildman–Crippen MR) is 74.8 cm³/mol. The number of carboxylic acids is 1. The van der Waals surface area contributed by atoms with Gasteiger partial charge in [-0.05, 0) is 11.3 Å². The minimum absolute atomic E-state index is 0.0568. The van der Waals surface area contributed by atoms with Gasteiger partial charge in [0.15, 0.2) is 0 Å². The van der Waals surface area contributed by atoms with Gasteiger partial charge in [0.2, 0.25) is 5.76 Å². The van der Waals surface area contributed by atoms with Crippen LogP contribution >= 0.6 is 0 Å². The Hall–Kier alpha value is -2.29. The van der Waals surface area contributed by atoms with E-state index in [1.807, 2.05) is 50.2 Å². The highest BCUT2D eigenvalue weighted by molar-refractivity contribution is 6.08. The van der Waals surface area contributed by atoms with E-state index in [1.165, 1.54) is 0 Å². The van der Waals surface area contributed by atoms with Crippen molar-refractivity contribution in [3.05, 3.63) is 47.7 Å². The maximum Gasteiger partial charge on any atom is 0.372 e. The summed E-state index contributed by atoms with van der Waals surface area (Å²) in [6, 6.07) is 11.8. The second kappa shape index (κ2) is 4.12. The summed E-state index contributed by atoms with van der Waals surface area (Å²) in [6.45, 7) is 3.96. The van der Waals surface area contributed by atoms with Crippen molar-refractivity contribution in [2.45, 2.75) is 19.8 Å². The van der Waals surface area contributed by atoms with E-state index in [-0.39, 0.29) is 11.7 Å². The van der Waals surface area contributed by atoms with Crippen molar-refractivity contribution in [3.63, 3.8) is 0 Å². The van der Waals surface area contributed by atoms with Crippen molar-refractivity contribution in [3.8, 4) is 0 Å². The minimum atomic E-state index is -1.01. The lowest BCUT2D eigenvalue weighted by atomic mass is 9.97. The van der Waals surface area contributed by atoms with Crippen LogP contribution in [0.1, 0.15) is 35.9 Å². The second-order valence-corrected chi connectivity index (χ2v) is 4.97. The van der Waals surface area contributed by atoms with Gasteiger partial charge in [0, 0.05) is 16.3 Å². The summed E-state index contributed by atoms with van der Waals surface area (Å²) in [6.07, 6.45) is 0. The summed E-state index contributed by atoms with van der Waals surface area (Å²) in [5.41, 5.74) is 1.44. The lowest BCUT2D eigenvalue weighted by molar-refractivity contribution is 0.0663. The molecule has 0 aliphatic heterocycles. The van der Waals surface area contributed by atoms with Gasteiger partial charge < -0.3 is 9.52 Å². The van der Waals surface area contributed by atoms with Crippen LogP contribution in [0.5, 0.6) is 0 Å². The Morgan fingerprint density at radius 1 is 1.11 bits per heavy atom. The van der Waals surface area contributed by atoms with Gasteiger partial charge in [-0.25, -0.2) is 4.79 Å². The predicted octanol–water partition coefficient (Wildman–Crippen LogP) is 4.41. The summed E-state index contributed by atoms with van der Waals surface area (Å²) in [5, 5.41) is 12.2. The van der Waals surface area contributed by atoms with E-state index in [1.54, 1.807) is 0 Å². The molecule has 3 rings (SSSR count). The van der Waals surface area contributed by atoms with Gasteiger partial charge in [-0.3, -0.25) is 0 Å². The van der Waals surface area contributed by atoms with Crippen LogP contribution in [0.3, 0.4) is 0 Å². The number of benzene rings is 2. The monoisotopic (exact) mass is 254 g/mol. The Morgan fingerprint density at radius 2 is 1.84 bits per heavy atom. The Balaban J connectivity index is 2.49. The van der Waals surface area contributed by atoms with Crippen molar-refractivity contribution in [1.29, 1.82) is 0 Å². The van der Waals surface area contributed by atoms with E-state index in [9.17, 15) is 9.90 Å². The summed E-state index contributed by atoms with van der Waals surface area (Å²) < 4.78 is 5.64. The van der Waals surface area contributed by atoms with Gasteiger partial charge in [-0.15, -0.1) is 0 Å². The lowest BCUT2D eigenvalue weighted by Gasteiger charge is -2.03. The molecule has 0 saturated carbocycles. The first-order valence-corrected chi connectivity index (χ1v) is 6.27.